The van der Waals surface area contributed by atoms with E-state index in [0.29, 0.717) is 5.84 Å². The predicted molar refractivity (Wildman–Crippen MR) is 148 cm³/mol. The lowest BCUT2D eigenvalue weighted by molar-refractivity contribution is -0.156. The van der Waals surface area contributed by atoms with Crippen LogP contribution in [0.4, 0.5) is 0 Å². The molecule has 5 rings (SSSR count). The van der Waals surface area contributed by atoms with Crippen LogP contribution in [0.1, 0.15) is 31.9 Å². The van der Waals surface area contributed by atoms with E-state index in [1.807, 2.05) is 73.5 Å². The molecule has 3 heterocycles. The van der Waals surface area contributed by atoms with Gasteiger partial charge in [-0.25, -0.2) is 4.99 Å². The highest BCUT2D eigenvalue weighted by molar-refractivity contribution is 6.20. The lowest BCUT2D eigenvalue weighted by Crippen LogP contribution is -2.39. The standard InChI is InChI=1S/C30H30N4O3/c1-30(2,3)37-28(35)19-34-27(15-14-20-17-32(4)25-12-8-6-10-22(20)25)31-24(29(34)36)16-21-18-33(5)26-13-9-7-11-23(21)26/h6-18H,19H2,1-5H3/b15-14+,24-16-. The van der Waals surface area contributed by atoms with E-state index in [9.17, 15) is 9.59 Å². The minimum Gasteiger partial charge on any atom is -0.459 e. The Morgan fingerprint density at radius 3 is 2.08 bits per heavy atom. The largest absolute Gasteiger partial charge is 0.459 e. The molecule has 188 valence electrons. The summed E-state index contributed by atoms with van der Waals surface area (Å²) >= 11 is 0. The zero-order valence-corrected chi connectivity index (χ0v) is 21.7. The first-order chi connectivity index (χ1) is 17.6. The van der Waals surface area contributed by atoms with Crippen molar-refractivity contribution in [2.75, 3.05) is 6.54 Å². The van der Waals surface area contributed by atoms with Gasteiger partial charge in [0.15, 0.2) is 0 Å². The van der Waals surface area contributed by atoms with Crippen molar-refractivity contribution in [3.63, 3.8) is 0 Å². The number of carbonyl (C=O) groups excluding carboxylic acids is 2. The lowest BCUT2D eigenvalue weighted by atomic mass is 10.1. The van der Waals surface area contributed by atoms with Gasteiger partial charge in [0.05, 0.1) is 0 Å². The summed E-state index contributed by atoms with van der Waals surface area (Å²) in [6, 6.07) is 16.1. The van der Waals surface area contributed by atoms with Crippen LogP contribution < -0.4 is 0 Å². The highest BCUT2D eigenvalue weighted by Crippen LogP contribution is 2.27. The van der Waals surface area contributed by atoms with Gasteiger partial charge in [-0.1, -0.05) is 36.4 Å². The number of carbonyl (C=O) groups is 2. The Morgan fingerprint density at radius 2 is 1.46 bits per heavy atom. The molecule has 0 N–H and O–H groups in total. The summed E-state index contributed by atoms with van der Waals surface area (Å²) in [4.78, 5) is 32.2. The Labute approximate surface area is 216 Å². The highest BCUT2D eigenvalue weighted by Gasteiger charge is 2.32. The zero-order valence-electron chi connectivity index (χ0n) is 21.7. The smallest absolute Gasteiger partial charge is 0.326 e. The molecule has 0 radical (unpaired) electrons. The molecule has 4 aromatic rings. The van der Waals surface area contributed by atoms with Crippen molar-refractivity contribution in [1.82, 2.24) is 14.0 Å². The first kappa shape index (κ1) is 24.3. The number of hydrogen-bond acceptors (Lipinski definition) is 4. The van der Waals surface area contributed by atoms with Crippen LogP contribution in [0, 0.1) is 0 Å². The number of amides is 1. The number of aromatic nitrogens is 2. The summed E-state index contributed by atoms with van der Waals surface area (Å²) in [6.07, 6.45) is 9.50. The van der Waals surface area contributed by atoms with Crippen LogP contribution in [0.25, 0.3) is 34.0 Å². The van der Waals surface area contributed by atoms with Crippen LogP contribution >= 0.6 is 0 Å². The molecular weight excluding hydrogens is 464 g/mol. The number of para-hydroxylation sites is 2. The molecule has 0 unspecified atom stereocenters. The number of ether oxygens (including phenoxy) is 1. The first-order valence-corrected chi connectivity index (χ1v) is 12.2. The summed E-state index contributed by atoms with van der Waals surface area (Å²) in [5.41, 5.74) is 3.67. The van der Waals surface area contributed by atoms with E-state index < -0.39 is 11.6 Å². The second kappa shape index (κ2) is 9.24. The fraction of sp³-hybridized carbons (Fsp3) is 0.233. The number of nitrogens with zero attached hydrogens (tertiary/aromatic N) is 4. The second-order valence-corrected chi connectivity index (χ2v) is 10.2. The number of hydrogen-bond donors (Lipinski definition) is 0. The van der Waals surface area contributed by atoms with Crippen molar-refractivity contribution >= 4 is 51.7 Å². The van der Waals surface area contributed by atoms with E-state index in [-0.39, 0.29) is 18.1 Å². The molecule has 7 nitrogen and oxygen atoms in total. The summed E-state index contributed by atoms with van der Waals surface area (Å²) < 4.78 is 9.57. The van der Waals surface area contributed by atoms with Crippen molar-refractivity contribution < 1.29 is 14.3 Å². The van der Waals surface area contributed by atoms with Crippen LogP contribution in [0.3, 0.4) is 0 Å². The van der Waals surface area contributed by atoms with Gasteiger partial charge in [0.2, 0.25) is 0 Å². The van der Waals surface area contributed by atoms with Crippen LogP contribution in [-0.2, 0) is 28.4 Å². The molecule has 0 bridgehead atoms. The fourth-order valence-corrected chi connectivity index (χ4v) is 4.66. The molecule has 1 aliphatic rings. The molecule has 0 saturated heterocycles. The Hall–Kier alpha value is -4.39. The van der Waals surface area contributed by atoms with Gasteiger partial charge in [-0.15, -0.1) is 0 Å². The third kappa shape index (κ3) is 4.85. The monoisotopic (exact) mass is 494 g/mol. The summed E-state index contributed by atoms with van der Waals surface area (Å²) in [5.74, 6) is -0.426. The summed E-state index contributed by atoms with van der Waals surface area (Å²) in [7, 11) is 3.97. The maximum atomic E-state index is 13.5. The van der Waals surface area contributed by atoms with E-state index in [2.05, 4.69) is 21.7 Å². The third-order valence-electron chi connectivity index (χ3n) is 6.24. The van der Waals surface area contributed by atoms with Gasteiger partial charge in [0.25, 0.3) is 5.91 Å². The van der Waals surface area contributed by atoms with Gasteiger partial charge >= 0.3 is 5.97 Å². The Bertz CT molecular complexity index is 1630. The second-order valence-electron chi connectivity index (χ2n) is 10.2. The topological polar surface area (TPSA) is 68.8 Å². The minimum absolute atomic E-state index is 0.221. The molecule has 1 aliphatic heterocycles. The molecule has 0 atom stereocenters. The van der Waals surface area contributed by atoms with Crippen LogP contribution in [0.2, 0.25) is 0 Å². The van der Waals surface area contributed by atoms with E-state index >= 15 is 0 Å². The van der Waals surface area contributed by atoms with Crippen LogP contribution in [-0.4, -0.2) is 43.9 Å². The maximum absolute atomic E-state index is 13.5. The van der Waals surface area contributed by atoms with E-state index in [0.717, 1.165) is 32.9 Å². The van der Waals surface area contributed by atoms with Gasteiger partial charge in [0, 0.05) is 59.4 Å². The molecule has 0 saturated carbocycles. The van der Waals surface area contributed by atoms with Crippen LogP contribution in [0.15, 0.2) is 77.7 Å². The lowest BCUT2D eigenvalue weighted by Gasteiger charge is -2.22. The van der Waals surface area contributed by atoms with E-state index in [1.165, 1.54) is 4.90 Å². The molecule has 0 spiro atoms. The number of fused-ring (bicyclic) bond motifs is 2. The quantitative estimate of drug-likeness (QED) is 0.279. The SMILES string of the molecule is Cn1cc(/C=C2N=C(/C=C/c3cn(C)c4ccccc34)N(CC(=O)OC(C)(C)C)C\2=O)c2ccccc21. The molecular formula is C30H30N4O3. The molecule has 7 heteroatoms. The number of rotatable bonds is 5. The maximum Gasteiger partial charge on any atom is 0.326 e. The van der Waals surface area contributed by atoms with Gasteiger partial charge < -0.3 is 13.9 Å². The van der Waals surface area contributed by atoms with Gasteiger partial charge in [-0.3, -0.25) is 14.5 Å². The van der Waals surface area contributed by atoms with Crippen molar-refractivity contribution in [3.8, 4) is 0 Å². The number of aliphatic imine (C=N–C) groups is 1. The van der Waals surface area contributed by atoms with Gasteiger partial charge in [-0.2, -0.15) is 0 Å². The Morgan fingerprint density at radius 1 is 0.892 bits per heavy atom. The molecule has 2 aromatic heterocycles. The Balaban J connectivity index is 1.53. The predicted octanol–water partition coefficient (Wildman–Crippen LogP) is 5.31. The van der Waals surface area contributed by atoms with E-state index in [4.69, 9.17) is 4.74 Å². The minimum atomic E-state index is -0.655. The summed E-state index contributed by atoms with van der Waals surface area (Å²) in [5, 5.41) is 2.12. The third-order valence-corrected chi connectivity index (χ3v) is 6.24. The van der Waals surface area contributed by atoms with Crippen molar-refractivity contribution in [2.24, 2.45) is 19.1 Å². The van der Waals surface area contributed by atoms with Gasteiger partial charge in [0.1, 0.15) is 23.7 Å². The normalized spacial score (nSPS) is 15.5. The molecule has 2 aromatic carbocycles. The summed E-state index contributed by atoms with van der Waals surface area (Å²) in [6.45, 7) is 5.19. The number of esters is 1. The molecule has 37 heavy (non-hydrogen) atoms. The van der Waals surface area contributed by atoms with Crippen molar-refractivity contribution in [3.05, 3.63) is 83.8 Å². The van der Waals surface area contributed by atoms with E-state index in [1.54, 1.807) is 32.9 Å². The first-order valence-electron chi connectivity index (χ1n) is 12.2. The average molecular weight is 495 g/mol. The number of aryl methyl sites for hydroxylation is 2. The van der Waals surface area contributed by atoms with Gasteiger partial charge in [-0.05, 0) is 51.1 Å². The fourth-order valence-electron chi connectivity index (χ4n) is 4.66. The number of amidine groups is 1. The number of benzene rings is 2. The average Bonchev–Trinajstić information content (AvgIpc) is 3.44. The zero-order chi connectivity index (χ0) is 26.3. The van der Waals surface area contributed by atoms with Crippen LogP contribution in [0.5, 0.6) is 0 Å². The van der Waals surface area contributed by atoms with Crippen molar-refractivity contribution in [2.45, 2.75) is 26.4 Å². The molecule has 0 aliphatic carbocycles. The Kier molecular flexibility index (Phi) is 6.07. The molecule has 0 fully saturated rings. The molecule has 1 amide bonds. The highest BCUT2D eigenvalue weighted by atomic mass is 16.6. The van der Waals surface area contributed by atoms with Crippen molar-refractivity contribution in [1.29, 1.82) is 0 Å².